The van der Waals surface area contributed by atoms with Crippen LogP contribution < -0.4 is 16.8 Å². The smallest absolute Gasteiger partial charge is 0.252 e. The number of unbranched alkanes of at least 4 members (excludes halogenated alkanes) is 1. The monoisotopic (exact) mass is 654 g/mol. The van der Waals surface area contributed by atoms with E-state index in [-0.39, 0.29) is 29.8 Å². The number of benzene rings is 2. The molecule has 0 radical (unpaired) electrons. The third-order valence-electron chi connectivity index (χ3n) is 4.59. The minimum atomic E-state index is -0.698. The van der Waals surface area contributed by atoms with Crippen LogP contribution in [0.5, 0.6) is 0 Å². The molecule has 0 aliphatic rings. The third kappa shape index (κ3) is 12.8. The van der Waals surface area contributed by atoms with Gasteiger partial charge >= 0.3 is 0 Å². The number of hydrogen-bond donors (Lipinski definition) is 5. The van der Waals surface area contributed by atoms with Gasteiger partial charge in [-0.15, -0.1) is 0 Å². The lowest BCUT2D eigenvalue weighted by Crippen LogP contribution is -2.40. The second kappa shape index (κ2) is 16.0. The summed E-state index contributed by atoms with van der Waals surface area (Å²) in [6.07, 6.45) is 2.68. The number of rotatable bonds is 11. The van der Waals surface area contributed by atoms with Crippen molar-refractivity contribution in [1.82, 2.24) is 5.32 Å². The molecule has 0 heterocycles. The van der Waals surface area contributed by atoms with Gasteiger partial charge in [0.05, 0.1) is 22.9 Å². The number of halogens is 2. The van der Waals surface area contributed by atoms with Crippen molar-refractivity contribution in [2.45, 2.75) is 44.0 Å². The molecule has 0 bridgehead atoms. The van der Waals surface area contributed by atoms with Crippen LogP contribution in [0.4, 0.5) is 0 Å². The zero-order valence-electron chi connectivity index (χ0n) is 19.4. The minimum absolute atomic E-state index is 0.0490. The van der Waals surface area contributed by atoms with E-state index >= 15 is 0 Å². The lowest BCUT2D eigenvalue weighted by atomic mass is 10.1. The highest BCUT2D eigenvalue weighted by atomic mass is 79.9. The SMILES string of the molecule is N=C(CCCCC(=N)SC(N)NC(=O)Cc1cccc(Br)c1)SC(N)=NC(=O)Cc1cccc(Br)c1. The van der Waals surface area contributed by atoms with Crippen molar-refractivity contribution in [2.75, 3.05) is 0 Å². The van der Waals surface area contributed by atoms with Crippen molar-refractivity contribution >= 4 is 82.5 Å². The molecule has 2 amide bonds. The van der Waals surface area contributed by atoms with Gasteiger partial charge in [-0.3, -0.25) is 20.4 Å². The number of thioether (sulfide) groups is 2. The van der Waals surface area contributed by atoms with E-state index < -0.39 is 5.50 Å². The Bertz CT molecular complexity index is 1130. The Labute approximate surface area is 236 Å². The Kier molecular flexibility index (Phi) is 13.4. The van der Waals surface area contributed by atoms with Crippen LogP contribution in [-0.2, 0) is 22.4 Å². The van der Waals surface area contributed by atoms with Crippen molar-refractivity contribution in [3.63, 3.8) is 0 Å². The van der Waals surface area contributed by atoms with Gasteiger partial charge in [-0.25, -0.2) is 0 Å². The van der Waals surface area contributed by atoms with Crippen LogP contribution >= 0.6 is 55.4 Å². The maximum Gasteiger partial charge on any atom is 0.252 e. The number of nitrogens with one attached hydrogen (secondary N) is 3. The van der Waals surface area contributed by atoms with E-state index in [0.29, 0.717) is 35.8 Å². The molecule has 12 heteroatoms. The first-order chi connectivity index (χ1) is 17.1. The molecule has 36 heavy (non-hydrogen) atoms. The Balaban J connectivity index is 1.61. The number of carbonyl (C=O) groups is 2. The Hall–Kier alpha value is -1.99. The highest BCUT2D eigenvalue weighted by molar-refractivity contribution is 9.10. The van der Waals surface area contributed by atoms with E-state index in [1.165, 1.54) is 0 Å². The third-order valence-corrected chi connectivity index (χ3v) is 7.19. The molecule has 2 rings (SSSR count). The summed E-state index contributed by atoms with van der Waals surface area (Å²) in [5.41, 5.74) is 12.8. The van der Waals surface area contributed by atoms with Crippen LogP contribution in [-0.4, -0.2) is 32.6 Å². The van der Waals surface area contributed by atoms with Crippen LogP contribution in [0.1, 0.15) is 36.8 Å². The molecule has 8 nitrogen and oxygen atoms in total. The molecule has 1 atom stereocenters. The standard InChI is InChI=1S/C24H28Br2N6O2S2/c25-17-7-3-5-15(11-17)13-21(33)31-23(29)35-19(27)9-1-2-10-20(28)36-24(30)32-22(34)14-16-6-4-8-18(26)12-16/h3-8,11-12,23,27-28H,1-2,9-10,13-14,29H2,(H,31,33)(H2,30,32,34). The summed E-state index contributed by atoms with van der Waals surface area (Å²) < 4.78 is 1.79. The summed E-state index contributed by atoms with van der Waals surface area (Å²) in [6.45, 7) is 0. The molecule has 0 aromatic heterocycles. The Morgan fingerprint density at radius 1 is 0.944 bits per heavy atom. The summed E-state index contributed by atoms with van der Waals surface area (Å²) in [7, 11) is 0. The van der Waals surface area contributed by atoms with Gasteiger partial charge in [-0.1, -0.05) is 67.9 Å². The first-order valence-corrected chi connectivity index (χ1v) is 14.3. The van der Waals surface area contributed by atoms with Gasteiger partial charge in [0.15, 0.2) is 5.17 Å². The Morgan fingerprint density at radius 3 is 2.08 bits per heavy atom. The highest BCUT2D eigenvalue weighted by Crippen LogP contribution is 2.17. The molecule has 7 N–H and O–H groups in total. The Morgan fingerprint density at radius 2 is 1.50 bits per heavy atom. The van der Waals surface area contributed by atoms with Crippen LogP contribution in [0.2, 0.25) is 0 Å². The molecule has 1 unspecified atom stereocenters. The van der Waals surface area contributed by atoms with E-state index in [2.05, 4.69) is 42.2 Å². The van der Waals surface area contributed by atoms with Gasteiger partial charge < -0.3 is 16.8 Å². The zero-order valence-corrected chi connectivity index (χ0v) is 24.2. The molecule has 2 aromatic rings. The summed E-state index contributed by atoms with van der Waals surface area (Å²) >= 11 is 8.82. The van der Waals surface area contributed by atoms with Gasteiger partial charge in [0.2, 0.25) is 5.91 Å². The molecular weight excluding hydrogens is 628 g/mol. The van der Waals surface area contributed by atoms with E-state index in [1.807, 2.05) is 48.5 Å². The predicted molar refractivity (Wildman–Crippen MR) is 158 cm³/mol. The first-order valence-electron chi connectivity index (χ1n) is 11.0. The number of amides is 2. The first kappa shape index (κ1) is 30.2. The fraction of sp³-hybridized carbons (Fsp3) is 0.292. The largest absolute Gasteiger partial charge is 0.378 e. The average molecular weight is 656 g/mol. The number of hydrogen-bond acceptors (Lipinski definition) is 7. The number of nitrogens with two attached hydrogens (primary N) is 2. The zero-order chi connectivity index (χ0) is 26.5. The number of aliphatic imine (C=N–C) groups is 1. The van der Waals surface area contributed by atoms with E-state index in [0.717, 1.165) is 43.6 Å². The topological polar surface area (TPSA) is 158 Å². The maximum absolute atomic E-state index is 12.2. The number of carbonyl (C=O) groups excluding carboxylic acids is 2. The molecule has 0 aliphatic heterocycles. The summed E-state index contributed by atoms with van der Waals surface area (Å²) in [6, 6.07) is 14.9. The van der Waals surface area contributed by atoms with Crippen LogP contribution in [0.3, 0.4) is 0 Å². The van der Waals surface area contributed by atoms with E-state index in [1.54, 1.807) is 0 Å². The fourth-order valence-electron chi connectivity index (χ4n) is 3.04. The molecule has 2 aromatic carbocycles. The molecule has 192 valence electrons. The van der Waals surface area contributed by atoms with Crippen molar-refractivity contribution in [1.29, 1.82) is 10.8 Å². The van der Waals surface area contributed by atoms with Crippen LogP contribution in [0.25, 0.3) is 0 Å². The summed E-state index contributed by atoms with van der Waals surface area (Å²) in [4.78, 5) is 28.1. The van der Waals surface area contributed by atoms with E-state index in [9.17, 15) is 9.59 Å². The fourth-order valence-corrected chi connectivity index (χ4v) is 5.34. The van der Waals surface area contributed by atoms with Crippen molar-refractivity contribution in [2.24, 2.45) is 16.5 Å². The summed E-state index contributed by atoms with van der Waals surface area (Å²) in [5.74, 6) is -0.572. The van der Waals surface area contributed by atoms with Crippen LogP contribution in [0.15, 0.2) is 62.5 Å². The molecule has 0 saturated carbocycles. The highest BCUT2D eigenvalue weighted by Gasteiger charge is 2.12. The van der Waals surface area contributed by atoms with Crippen molar-refractivity contribution in [3.05, 3.63) is 68.6 Å². The normalized spacial score (nSPS) is 12.1. The molecule has 0 fully saturated rings. The van der Waals surface area contributed by atoms with Crippen LogP contribution in [0, 0.1) is 10.8 Å². The minimum Gasteiger partial charge on any atom is -0.378 e. The predicted octanol–water partition coefficient (Wildman–Crippen LogP) is 5.18. The second-order valence-electron chi connectivity index (χ2n) is 7.72. The maximum atomic E-state index is 12.2. The number of nitrogens with zero attached hydrogens (tertiary/aromatic N) is 1. The molecule has 0 aliphatic carbocycles. The molecular formula is C24H28Br2N6O2S2. The lowest BCUT2D eigenvalue weighted by molar-refractivity contribution is -0.120. The number of amidine groups is 1. The van der Waals surface area contributed by atoms with Crippen molar-refractivity contribution < 1.29 is 9.59 Å². The van der Waals surface area contributed by atoms with E-state index in [4.69, 9.17) is 22.3 Å². The molecule has 0 spiro atoms. The van der Waals surface area contributed by atoms with Crippen molar-refractivity contribution in [3.8, 4) is 0 Å². The van der Waals surface area contributed by atoms with Gasteiger partial charge in [0, 0.05) is 8.95 Å². The lowest BCUT2D eigenvalue weighted by Gasteiger charge is -2.14. The quantitative estimate of drug-likeness (QED) is 0.0971. The average Bonchev–Trinajstić information content (AvgIpc) is 2.76. The van der Waals surface area contributed by atoms with Gasteiger partial charge in [-0.05, 0) is 72.8 Å². The van der Waals surface area contributed by atoms with Gasteiger partial charge in [0.1, 0.15) is 5.50 Å². The molecule has 0 saturated heterocycles. The van der Waals surface area contributed by atoms with Gasteiger partial charge in [0.25, 0.3) is 5.91 Å². The van der Waals surface area contributed by atoms with Gasteiger partial charge in [-0.2, -0.15) is 4.99 Å². The second-order valence-corrected chi connectivity index (χ2v) is 11.9. The summed E-state index contributed by atoms with van der Waals surface area (Å²) in [5, 5.41) is 19.5.